The van der Waals surface area contributed by atoms with Crippen LogP contribution >= 0.6 is 0 Å². The SMILES string of the molecule is CC(CN1CCCC1)NCC(=O)N1CCCCCC1. The standard InChI is InChI=1S/C15H29N3O/c1-14(13-17-8-6-7-9-17)16-12-15(19)18-10-4-2-3-5-11-18/h14,16H,2-13H2,1H3. The van der Waals surface area contributed by atoms with Gasteiger partial charge in [0, 0.05) is 25.7 Å². The van der Waals surface area contributed by atoms with Gasteiger partial charge in [-0.15, -0.1) is 0 Å². The van der Waals surface area contributed by atoms with Crippen LogP contribution in [-0.4, -0.2) is 61.0 Å². The molecule has 0 spiro atoms. The van der Waals surface area contributed by atoms with Crippen molar-refractivity contribution in [3.05, 3.63) is 0 Å². The van der Waals surface area contributed by atoms with Crippen molar-refractivity contribution in [2.75, 3.05) is 39.3 Å². The van der Waals surface area contributed by atoms with Crippen LogP contribution in [0.2, 0.25) is 0 Å². The highest BCUT2D eigenvalue weighted by Crippen LogP contribution is 2.10. The lowest BCUT2D eigenvalue weighted by molar-refractivity contribution is -0.130. The third kappa shape index (κ3) is 5.11. The van der Waals surface area contributed by atoms with Crippen LogP contribution in [0.25, 0.3) is 0 Å². The monoisotopic (exact) mass is 267 g/mol. The van der Waals surface area contributed by atoms with E-state index in [1.807, 2.05) is 4.90 Å². The van der Waals surface area contributed by atoms with Crippen molar-refractivity contribution < 1.29 is 4.79 Å². The molecule has 0 radical (unpaired) electrons. The quantitative estimate of drug-likeness (QED) is 0.819. The van der Waals surface area contributed by atoms with Crippen LogP contribution in [-0.2, 0) is 4.79 Å². The summed E-state index contributed by atoms with van der Waals surface area (Å²) < 4.78 is 0. The molecule has 1 unspecified atom stereocenters. The van der Waals surface area contributed by atoms with Gasteiger partial charge in [-0.1, -0.05) is 12.8 Å². The highest BCUT2D eigenvalue weighted by molar-refractivity contribution is 5.78. The second kappa shape index (κ2) is 7.85. The predicted molar refractivity (Wildman–Crippen MR) is 78.2 cm³/mol. The van der Waals surface area contributed by atoms with Crippen LogP contribution in [0, 0.1) is 0 Å². The van der Waals surface area contributed by atoms with Gasteiger partial charge in [0.05, 0.1) is 6.54 Å². The van der Waals surface area contributed by atoms with E-state index in [-0.39, 0.29) is 5.91 Å². The molecule has 0 aromatic rings. The molecule has 1 amide bonds. The first-order valence-electron chi connectivity index (χ1n) is 7.99. The van der Waals surface area contributed by atoms with E-state index in [0.717, 1.165) is 19.6 Å². The summed E-state index contributed by atoms with van der Waals surface area (Å²) in [6.45, 7) is 8.15. The molecule has 2 aliphatic rings. The lowest BCUT2D eigenvalue weighted by Gasteiger charge is -2.24. The molecule has 2 fully saturated rings. The molecular formula is C15H29N3O. The van der Waals surface area contributed by atoms with E-state index in [2.05, 4.69) is 17.1 Å². The van der Waals surface area contributed by atoms with Crippen molar-refractivity contribution in [3.8, 4) is 0 Å². The van der Waals surface area contributed by atoms with E-state index in [0.29, 0.717) is 12.6 Å². The Labute approximate surface area is 117 Å². The first-order valence-corrected chi connectivity index (χ1v) is 7.99. The molecular weight excluding hydrogens is 238 g/mol. The number of hydrogen-bond donors (Lipinski definition) is 1. The topological polar surface area (TPSA) is 35.6 Å². The van der Waals surface area contributed by atoms with Gasteiger partial charge >= 0.3 is 0 Å². The summed E-state index contributed by atoms with van der Waals surface area (Å²) in [5, 5.41) is 3.39. The number of rotatable bonds is 5. The van der Waals surface area contributed by atoms with Gasteiger partial charge in [0.25, 0.3) is 0 Å². The lowest BCUT2D eigenvalue weighted by Crippen LogP contribution is -2.44. The van der Waals surface area contributed by atoms with Crippen LogP contribution in [0.4, 0.5) is 0 Å². The van der Waals surface area contributed by atoms with E-state index in [1.165, 1.54) is 51.6 Å². The third-order valence-electron chi connectivity index (χ3n) is 4.29. The van der Waals surface area contributed by atoms with Crippen LogP contribution in [0.3, 0.4) is 0 Å². The average molecular weight is 267 g/mol. The molecule has 2 saturated heterocycles. The molecule has 2 aliphatic heterocycles. The maximum atomic E-state index is 12.1. The van der Waals surface area contributed by atoms with Crippen molar-refractivity contribution in [3.63, 3.8) is 0 Å². The number of nitrogens with one attached hydrogen (secondary N) is 1. The van der Waals surface area contributed by atoms with E-state index in [9.17, 15) is 4.79 Å². The van der Waals surface area contributed by atoms with Crippen molar-refractivity contribution in [2.45, 2.75) is 51.5 Å². The fourth-order valence-electron chi connectivity index (χ4n) is 3.11. The molecule has 0 saturated carbocycles. The molecule has 2 heterocycles. The molecule has 1 atom stereocenters. The molecule has 0 bridgehead atoms. The smallest absolute Gasteiger partial charge is 0.236 e. The van der Waals surface area contributed by atoms with Crippen molar-refractivity contribution >= 4 is 5.91 Å². The second-order valence-electron chi connectivity index (χ2n) is 6.08. The molecule has 110 valence electrons. The van der Waals surface area contributed by atoms with Gasteiger partial charge in [-0.25, -0.2) is 0 Å². The Hall–Kier alpha value is -0.610. The van der Waals surface area contributed by atoms with Gasteiger partial charge in [0.1, 0.15) is 0 Å². The minimum atomic E-state index is 0.287. The second-order valence-corrected chi connectivity index (χ2v) is 6.08. The minimum Gasteiger partial charge on any atom is -0.342 e. The van der Waals surface area contributed by atoms with Crippen LogP contribution in [0.5, 0.6) is 0 Å². The summed E-state index contributed by atoms with van der Waals surface area (Å²) in [5.74, 6) is 0.287. The Bertz CT molecular complexity index is 269. The van der Waals surface area contributed by atoms with Gasteiger partial charge in [0.15, 0.2) is 0 Å². The van der Waals surface area contributed by atoms with E-state index in [1.54, 1.807) is 0 Å². The van der Waals surface area contributed by atoms with Crippen LogP contribution in [0.1, 0.15) is 45.4 Å². The lowest BCUT2D eigenvalue weighted by atomic mass is 10.2. The van der Waals surface area contributed by atoms with Crippen molar-refractivity contribution in [2.24, 2.45) is 0 Å². The Morgan fingerprint density at radius 2 is 1.58 bits per heavy atom. The molecule has 4 nitrogen and oxygen atoms in total. The maximum Gasteiger partial charge on any atom is 0.236 e. The van der Waals surface area contributed by atoms with E-state index < -0.39 is 0 Å². The van der Waals surface area contributed by atoms with Gasteiger partial charge in [0.2, 0.25) is 5.91 Å². The van der Waals surface area contributed by atoms with Crippen LogP contribution in [0.15, 0.2) is 0 Å². The molecule has 1 N–H and O–H groups in total. The number of nitrogens with zero attached hydrogens (tertiary/aromatic N) is 2. The molecule has 0 aromatic carbocycles. The van der Waals surface area contributed by atoms with Gasteiger partial charge in [-0.2, -0.15) is 0 Å². The summed E-state index contributed by atoms with van der Waals surface area (Å²) in [4.78, 5) is 16.7. The van der Waals surface area contributed by atoms with Crippen molar-refractivity contribution in [1.29, 1.82) is 0 Å². The number of likely N-dealkylation sites (tertiary alicyclic amines) is 2. The molecule has 19 heavy (non-hydrogen) atoms. The number of amides is 1. The van der Waals surface area contributed by atoms with Crippen molar-refractivity contribution in [1.82, 2.24) is 15.1 Å². The summed E-state index contributed by atoms with van der Waals surface area (Å²) in [7, 11) is 0. The van der Waals surface area contributed by atoms with Gasteiger partial charge < -0.3 is 15.1 Å². The molecule has 2 rings (SSSR count). The zero-order valence-corrected chi connectivity index (χ0v) is 12.4. The summed E-state index contributed by atoms with van der Waals surface area (Å²) in [5.41, 5.74) is 0. The van der Waals surface area contributed by atoms with Gasteiger partial charge in [-0.3, -0.25) is 4.79 Å². The summed E-state index contributed by atoms with van der Waals surface area (Å²) in [6, 6.07) is 0.411. The highest BCUT2D eigenvalue weighted by Gasteiger charge is 2.18. The zero-order chi connectivity index (χ0) is 13.5. The van der Waals surface area contributed by atoms with Crippen LogP contribution < -0.4 is 5.32 Å². The number of carbonyl (C=O) groups excluding carboxylic acids is 1. The Morgan fingerprint density at radius 1 is 1.00 bits per heavy atom. The van der Waals surface area contributed by atoms with E-state index in [4.69, 9.17) is 0 Å². The normalized spacial score (nSPS) is 23.3. The Kier molecular flexibility index (Phi) is 6.11. The Morgan fingerprint density at radius 3 is 2.21 bits per heavy atom. The summed E-state index contributed by atoms with van der Waals surface area (Å²) in [6.07, 6.45) is 7.58. The zero-order valence-electron chi connectivity index (χ0n) is 12.4. The average Bonchev–Trinajstić information content (AvgIpc) is 2.76. The largest absolute Gasteiger partial charge is 0.342 e. The Balaban J connectivity index is 1.64. The summed E-state index contributed by atoms with van der Waals surface area (Å²) >= 11 is 0. The molecule has 4 heteroatoms. The fraction of sp³-hybridized carbons (Fsp3) is 0.933. The number of carbonyl (C=O) groups is 1. The first-order chi connectivity index (χ1) is 9.25. The molecule has 0 aliphatic carbocycles. The predicted octanol–water partition coefficient (Wildman–Crippen LogP) is 1.46. The minimum absolute atomic E-state index is 0.287. The maximum absolute atomic E-state index is 12.1. The fourth-order valence-corrected chi connectivity index (χ4v) is 3.11. The number of hydrogen-bond acceptors (Lipinski definition) is 3. The molecule has 0 aromatic heterocycles. The van der Waals surface area contributed by atoms with E-state index >= 15 is 0 Å². The highest BCUT2D eigenvalue weighted by atomic mass is 16.2. The van der Waals surface area contributed by atoms with Gasteiger partial charge in [-0.05, 0) is 45.7 Å². The third-order valence-corrected chi connectivity index (χ3v) is 4.29. The first kappa shape index (κ1) is 14.8.